The maximum Gasteiger partial charge on any atom is 0.408 e. The van der Waals surface area contributed by atoms with E-state index < -0.39 is 59.4 Å². The molecule has 13 heteroatoms. The first kappa shape index (κ1) is 36.0. The molecule has 4 aliphatic heterocycles. The molecule has 3 amide bonds. The first-order valence-corrected chi connectivity index (χ1v) is 18.8. The summed E-state index contributed by atoms with van der Waals surface area (Å²) in [4.78, 5) is 62.5. The number of benzene rings is 1. The SMILES string of the molecule is CCOC(=O)[C@@]12C[C@H]1/C=C\CCCCC[C@H](NC(=O)OC(C)(C)C)C(=O)N1CC(OC3Nc4ccccc4N=C3C3=CCCS3)C[C@H]1C(=O)N2. The van der Waals surface area contributed by atoms with E-state index in [1.807, 2.05) is 30.3 Å². The van der Waals surface area contributed by atoms with Gasteiger partial charge in [-0.15, -0.1) is 11.8 Å². The van der Waals surface area contributed by atoms with Gasteiger partial charge < -0.3 is 35.1 Å². The van der Waals surface area contributed by atoms with E-state index in [0.717, 1.165) is 53.4 Å². The molecule has 1 saturated carbocycles. The Morgan fingerprint density at radius 1 is 1.14 bits per heavy atom. The predicted molar refractivity (Wildman–Crippen MR) is 192 cm³/mol. The zero-order valence-electron chi connectivity index (χ0n) is 29.4. The summed E-state index contributed by atoms with van der Waals surface area (Å²) in [7, 11) is 0. The molecule has 1 aromatic carbocycles. The Bertz CT molecular complexity index is 1570. The van der Waals surface area contributed by atoms with Gasteiger partial charge in [-0.2, -0.15) is 0 Å². The molecule has 0 radical (unpaired) electrons. The van der Waals surface area contributed by atoms with Crippen molar-refractivity contribution in [1.29, 1.82) is 0 Å². The number of fused-ring (bicyclic) bond motifs is 3. The van der Waals surface area contributed by atoms with Crippen LogP contribution in [0.5, 0.6) is 0 Å². The zero-order valence-corrected chi connectivity index (χ0v) is 30.2. The molecule has 0 spiro atoms. The highest BCUT2D eigenvalue weighted by Crippen LogP contribution is 2.46. The number of hydrogen-bond acceptors (Lipinski definition) is 10. The number of allylic oxidation sites excluding steroid dienone is 2. The molecule has 5 aliphatic rings. The maximum atomic E-state index is 14.5. The Hall–Kier alpha value is -3.84. The van der Waals surface area contributed by atoms with Gasteiger partial charge in [-0.05, 0) is 71.9 Å². The predicted octanol–water partition coefficient (Wildman–Crippen LogP) is 5.37. The van der Waals surface area contributed by atoms with Crippen LogP contribution in [0.25, 0.3) is 0 Å². The maximum absolute atomic E-state index is 14.5. The minimum Gasteiger partial charge on any atom is -0.464 e. The number of anilines is 1. The molecule has 3 N–H and O–H groups in total. The lowest BCUT2D eigenvalue weighted by atomic mass is 10.0. The molecule has 50 heavy (non-hydrogen) atoms. The van der Waals surface area contributed by atoms with Crippen LogP contribution in [0, 0.1) is 5.92 Å². The average Bonchev–Trinajstić information content (AvgIpc) is 3.38. The van der Waals surface area contributed by atoms with Crippen LogP contribution in [0.3, 0.4) is 0 Å². The summed E-state index contributed by atoms with van der Waals surface area (Å²) in [6.45, 7) is 7.33. The van der Waals surface area contributed by atoms with Crippen molar-refractivity contribution in [3.05, 3.63) is 47.4 Å². The second kappa shape index (κ2) is 15.2. The number of para-hydroxylation sites is 2. The van der Waals surface area contributed by atoms with Gasteiger partial charge >= 0.3 is 12.1 Å². The number of rotatable bonds is 6. The number of hydrogen-bond donors (Lipinski definition) is 3. The molecule has 6 atom stereocenters. The summed E-state index contributed by atoms with van der Waals surface area (Å²) in [5.74, 6) is -0.561. The monoisotopic (exact) mass is 707 g/mol. The summed E-state index contributed by atoms with van der Waals surface area (Å²) in [6, 6.07) is 5.90. The van der Waals surface area contributed by atoms with Crippen molar-refractivity contribution >= 4 is 52.7 Å². The van der Waals surface area contributed by atoms with Gasteiger partial charge in [0.1, 0.15) is 28.9 Å². The number of aliphatic imine (C=N–C) groups is 1. The molecule has 2 fully saturated rings. The fourth-order valence-corrected chi connectivity index (χ4v) is 8.01. The van der Waals surface area contributed by atoms with E-state index in [2.05, 4.69) is 28.1 Å². The van der Waals surface area contributed by atoms with E-state index in [4.69, 9.17) is 19.2 Å². The van der Waals surface area contributed by atoms with Crippen molar-refractivity contribution in [2.24, 2.45) is 10.9 Å². The third-order valence-corrected chi connectivity index (χ3v) is 10.7. The number of ether oxygens (including phenoxy) is 3. The van der Waals surface area contributed by atoms with Crippen LogP contribution in [-0.2, 0) is 28.6 Å². The fraction of sp³-hybridized carbons (Fsp3) is 0.595. The van der Waals surface area contributed by atoms with Crippen LogP contribution in [0.2, 0.25) is 0 Å². The Balaban J connectivity index is 1.29. The number of carbonyl (C=O) groups excluding carboxylic acids is 4. The molecule has 270 valence electrons. The largest absolute Gasteiger partial charge is 0.464 e. The van der Waals surface area contributed by atoms with Gasteiger partial charge in [0.05, 0.1) is 24.1 Å². The molecule has 4 heterocycles. The summed E-state index contributed by atoms with van der Waals surface area (Å²) in [6.07, 6.45) is 9.51. The zero-order chi connectivity index (χ0) is 35.5. The van der Waals surface area contributed by atoms with Gasteiger partial charge in [0, 0.05) is 29.5 Å². The Labute approximate surface area is 298 Å². The van der Waals surface area contributed by atoms with Crippen molar-refractivity contribution in [3.8, 4) is 0 Å². The van der Waals surface area contributed by atoms with Crippen LogP contribution in [0.4, 0.5) is 16.2 Å². The van der Waals surface area contributed by atoms with Crippen LogP contribution in [-0.4, -0.2) is 88.9 Å². The third kappa shape index (κ3) is 8.20. The van der Waals surface area contributed by atoms with E-state index in [-0.39, 0.29) is 25.5 Å². The molecule has 1 aromatic rings. The van der Waals surface area contributed by atoms with E-state index in [0.29, 0.717) is 19.3 Å². The molecule has 6 rings (SSSR count). The second-order valence-corrected chi connectivity index (χ2v) is 15.6. The number of thioether (sulfide) groups is 1. The number of nitrogens with one attached hydrogen (secondary N) is 3. The summed E-state index contributed by atoms with van der Waals surface area (Å²) >= 11 is 1.73. The first-order chi connectivity index (χ1) is 24.0. The summed E-state index contributed by atoms with van der Waals surface area (Å²) in [5, 5.41) is 9.30. The van der Waals surface area contributed by atoms with Crippen LogP contribution in [0.1, 0.15) is 79.1 Å². The minimum absolute atomic E-state index is 0.110. The van der Waals surface area contributed by atoms with E-state index in [9.17, 15) is 19.2 Å². The first-order valence-electron chi connectivity index (χ1n) is 17.9. The smallest absolute Gasteiger partial charge is 0.408 e. The lowest BCUT2D eigenvalue weighted by Crippen LogP contribution is -2.56. The molecule has 1 saturated heterocycles. The Kier molecular flexibility index (Phi) is 10.9. The molecular formula is C37H49N5O7S. The third-order valence-electron chi connectivity index (χ3n) is 9.54. The summed E-state index contributed by atoms with van der Waals surface area (Å²) in [5.41, 5.74) is 0.473. The topological polar surface area (TPSA) is 148 Å². The molecule has 2 unspecified atom stereocenters. The molecule has 0 aromatic heterocycles. The van der Waals surface area contributed by atoms with Crippen molar-refractivity contribution in [3.63, 3.8) is 0 Å². The highest BCUT2D eigenvalue weighted by Gasteiger charge is 2.62. The van der Waals surface area contributed by atoms with Gasteiger partial charge in [0.15, 0.2) is 6.23 Å². The molecule has 0 bridgehead atoms. The average molecular weight is 708 g/mol. The van der Waals surface area contributed by atoms with Gasteiger partial charge in [0.25, 0.3) is 0 Å². The number of alkyl carbamates (subject to hydrolysis) is 1. The number of nitrogens with zero attached hydrogens (tertiary/aromatic N) is 2. The van der Waals surface area contributed by atoms with Crippen LogP contribution < -0.4 is 16.0 Å². The van der Waals surface area contributed by atoms with E-state index in [1.165, 1.54) is 4.90 Å². The van der Waals surface area contributed by atoms with E-state index in [1.54, 1.807) is 39.5 Å². The minimum atomic E-state index is -1.19. The number of amides is 3. The van der Waals surface area contributed by atoms with Crippen molar-refractivity contribution < 1.29 is 33.4 Å². The van der Waals surface area contributed by atoms with E-state index >= 15 is 0 Å². The molecule has 12 nitrogen and oxygen atoms in total. The van der Waals surface area contributed by atoms with Crippen molar-refractivity contribution in [1.82, 2.24) is 15.5 Å². The number of esters is 1. The second-order valence-electron chi connectivity index (χ2n) is 14.5. The van der Waals surface area contributed by atoms with Crippen LogP contribution >= 0.6 is 11.8 Å². The summed E-state index contributed by atoms with van der Waals surface area (Å²) < 4.78 is 17.7. The van der Waals surface area contributed by atoms with Crippen molar-refractivity contribution in [2.45, 2.75) is 115 Å². The van der Waals surface area contributed by atoms with Gasteiger partial charge in [-0.25, -0.2) is 14.6 Å². The van der Waals surface area contributed by atoms with Crippen molar-refractivity contribution in [2.75, 3.05) is 24.2 Å². The van der Waals surface area contributed by atoms with Crippen LogP contribution in [0.15, 0.2) is 52.4 Å². The van der Waals surface area contributed by atoms with Gasteiger partial charge in [0.2, 0.25) is 11.8 Å². The quantitative estimate of drug-likeness (QED) is 0.262. The standard InChI is InChI=1S/C37H49N5O7S/c1-5-47-34(45)37-21-23(37)14-9-7-6-8-10-17-27(40-35(46)49-36(2,3)4)33(44)42-22-24(20-28(42)31(43)41-37)48-32-30(29-18-13-19-50-29)38-25-15-11-12-16-26(25)39-32/h9,11-12,14-16,18,23-24,27-28,32,39H,5-8,10,13,17,19-22H2,1-4H3,(H,40,46)(H,41,43)/b14-9-/t23-,24?,27+,28+,32?,37-/m1/s1. The molecular weight excluding hydrogens is 659 g/mol. The Morgan fingerprint density at radius 2 is 1.96 bits per heavy atom. The van der Waals surface area contributed by atoms with Gasteiger partial charge in [-0.1, -0.05) is 43.2 Å². The highest BCUT2D eigenvalue weighted by atomic mass is 32.2. The lowest BCUT2D eigenvalue weighted by molar-refractivity contribution is -0.150. The lowest BCUT2D eigenvalue weighted by Gasteiger charge is -2.31. The normalized spacial score (nSPS) is 30.5. The Morgan fingerprint density at radius 3 is 2.72 bits per heavy atom. The van der Waals surface area contributed by atoms with Gasteiger partial charge in [-0.3, -0.25) is 9.59 Å². The molecule has 1 aliphatic carbocycles. The highest BCUT2D eigenvalue weighted by molar-refractivity contribution is 8.04. The fourth-order valence-electron chi connectivity index (χ4n) is 7.02. The number of carbonyl (C=O) groups is 4.